The average Bonchev–Trinajstić information content (AvgIpc) is 3.65. The second-order valence-corrected chi connectivity index (χ2v) is 12.6. The number of urea groups is 2. The molecule has 0 aliphatic heterocycles. The standard InChI is InChI=1S/C34H42N6O6/c1-22(2)44-26-16-12-24(13-17-26)36-32(42)38-30-21-28(40-46-30)34(6,7)18-8-9-19-43-25-14-10-23(11-15-25)35-31(41)37-29-20-27(39-45-29)33(3,4)5/h8-17,20-22H,18-19H2,1-7H3,(H2,35,37,41)(H2,36,38,42)/b9-8+. The zero-order valence-corrected chi connectivity index (χ0v) is 27.3. The Kier molecular flexibility index (Phi) is 10.7. The van der Waals surface area contributed by atoms with Gasteiger partial charge in [0.15, 0.2) is 0 Å². The number of carbonyl (C=O) groups is 2. The van der Waals surface area contributed by atoms with Crippen molar-refractivity contribution in [3.63, 3.8) is 0 Å². The molecule has 0 bridgehead atoms. The van der Waals surface area contributed by atoms with Gasteiger partial charge in [-0.15, -0.1) is 0 Å². The van der Waals surface area contributed by atoms with Crippen molar-refractivity contribution in [2.45, 2.75) is 71.8 Å². The Morgan fingerprint density at radius 1 is 0.739 bits per heavy atom. The summed E-state index contributed by atoms with van der Waals surface area (Å²) in [7, 11) is 0. The molecule has 0 aliphatic rings. The molecule has 244 valence electrons. The van der Waals surface area contributed by atoms with E-state index < -0.39 is 12.1 Å². The third-order valence-corrected chi connectivity index (χ3v) is 6.69. The minimum atomic E-state index is -0.441. The quantitative estimate of drug-likeness (QED) is 0.114. The number of allylic oxidation sites excluding steroid dienone is 1. The van der Waals surface area contributed by atoms with Crippen LogP contribution in [0.25, 0.3) is 0 Å². The Balaban J connectivity index is 1.18. The minimum absolute atomic E-state index is 0.0706. The number of benzene rings is 2. The minimum Gasteiger partial charge on any atom is -0.491 e. The first kappa shape index (κ1) is 33.6. The highest BCUT2D eigenvalue weighted by molar-refractivity contribution is 5.99. The van der Waals surface area contributed by atoms with Crippen LogP contribution in [0.4, 0.5) is 32.7 Å². The van der Waals surface area contributed by atoms with Crippen molar-refractivity contribution in [2.75, 3.05) is 27.9 Å². The molecule has 4 rings (SSSR count). The lowest BCUT2D eigenvalue weighted by Gasteiger charge is -2.19. The molecule has 2 heterocycles. The maximum absolute atomic E-state index is 12.4. The first-order valence-electron chi connectivity index (χ1n) is 15.0. The molecule has 2 aromatic carbocycles. The molecule has 4 aromatic rings. The second-order valence-electron chi connectivity index (χ2n) is 12.6. The van der Waals surface area contributed by atoms with Gasteiger partial charge in [0.2, 0.25) is 11.8 Å². The highest BCUT2D eigenvalue weighted by atomic mass is 16.5. The molecule has 0 unspecified atom stereocenters. The van der Waals surface area contributed by atoms with E-state index in [9.17, 15) is 9.59 Å². The van der Waals surface area contributed by atoms with Crippen molar-refractivity contribution in [1.82, 2.24) is 10.3 Å². The number of amides is 4. The number of nitrogens with one attached hydrogen (secondary N) is 4. The van der Waals surface area contributed by atoms with Gasteiger partial charge in [-0.05, 0) is 68.8 Å². The number of carbonyl (C=O) groups excluding carboxylic acids is 2. The summed E-state index contributed by atoms with van der Waals surface area (Å²) in [5.74, 6) is 1.91. The Morgan fingerprint density at radius 3 is 1.74 bits per heavy atom. The number of aromatic nitrogens is 2. The van der Waals surface area contributed by atoms with E-state index in [0.29, 0.717) is 35.8 Å². The van der Waals surface area contributed by atoms with E-state index in [1.165, 1.54) is 0 Å². The lowest BCUT2D eigenvalue weighted by Crippen LogP contribution is -2.19. The van der Waals surface area contributed by atoms with Crippen LogP contribution in [-0.4, -0.2) is 35.1 Å². The maximum atomic E-state index is 12.4. The van der Waals surface area contributed by atoms with E-state index in [1.807, 2.05) is 60.6 Å². The summed E-state index contributed by atoms with van der Waals surface area (Å²) in [5.41, 5.74) is 2.14. The highest BCUT2D eigenvalue weighted by Gasteiger charge is 2.24. The first-order valence-corrected chi connectivity index (χ1v) is 15.0. The average molecular weight is 631 g/mol. The molecule has 0 radical (unpaired) electrons. The Hall–Kier alpha value is -5.26. The van der Waals surface area contributed by atoms with Crippen LogP contribution in [0.1, 0.15) is 66.3 Å². The molecule has 46 heavy (non-hydrogen) atoms. The van der Waals surface area contributed by atoms with Crippen molar-refractivity contribution in [1.29, 1.82) is 0 Å². The van der Waals surface area contributed by atoms with E-state index >= 15 is 0 Å². The number of rotatable bonds is 12. The number of hydrogen-bond donors (Lipinski definition) is 4. The topological polar surface area (TPSA) is 153 Å². The SMILES string of the molecule is CC(C)Oc1ccc(NC(=O)Nc2cc(C(C)(C)C/C=C/COc3ccc(NC(=O)Nc4cc(C(C)(C)C)no4)cc3)no2)cc1. The fraction of sp³-hybridized carbons (Fsp3) is 0.353. The third-order valence-electron chi connectivity index (χ3n) is 6.69. The summed E-state index contributed by atoms with van der Waals surface area (Å²) in [6.45, 7) is 14.4. The van der Waals surface area contributed by atoms with E-state index in [4.69, 9.17) is 18.5 Å². The van der Waals surface area contributed by atoms with Gasteiger partial charge in [-0.3, -0.25) is 10.6 Å². The smallest absolute Gasteiger partial charge is 0.326 e. The molecule has 0 spiro atoms. The number of anilines is 4. The Labute approximate surface area is 268 Å². The van der Waals surface area contributed by atoms with Gasteiger partial charge in [0.25, 0.3) is 0 Å². The molecule has 4 N–H and O–H groups in total. The van der Waals surface area contributed by atoms with Gasteiger partial charge >= 0.3 is 12.1 Å². The molecule has 0 fully saturated rings. The molecule has 0 saturated carbocycles. The lowest BCUT2D eigenvalue weighted by molar-refractivity contribution is 0.242. The molecular weight excluding hydrogens is 588 g/mol. The van der Waals surface area contributed by atoms with E-state index in [-0.39, 0.29) is 28.7 Å². The molecule has 2 aromatic heterocycles. The number of ether oxygens (including phenoxy) is 2. The van der Waals surface area contributed by atoms with Crippen LogP contribution in [-0.2, 0) is 10.8 Å². The van der Waals surface area contributed by atoms with Gasteiger partial charge in [-0.25, -0.2) is 9.59 Å². The second kappa shape index (κ2) is 14.7. The zero-order valence-electron chi connectivity index (χ0n) is 27.3. The third kappa shape index (κ3) is 10.1. The van der Waals surface area contributed by atoms with E-state index in [2.05, 4.69) is 31.6 Å². The Morgan fingerprint density at radius 2 is 1.24 bits per heavy atom. The van der Waals surface area contributed by atoms with Crippen molar-refractivity contribution in [2.24, 2.45) is 0 Å². The van der Waals surface area contributed by atoms with Crippen LogP contribution in [0.15, 0.2) is 81.9 Å². The lowest BCUT2D eigenvalue weighted by atomic mass is 9.85. The summed E-state index contributed by atoms with van der Waals surface area (Å²) in [5, 5.41) is 19.0. The molecular formula is C34H42N6O6. The van der Waals surface area contributed by atoms with Gasteiger partial charge in [0.1, 0.15) is 18.1 Å². The van der Waals surface area contributed by atoms with Crippen molar-refractivity contribution in [3.05, 3.63) is 84.2 Å². The summed E-state index contributed by atoms with van der Waals surface area (Å²) >= 11 is 0. The van der Waals surface area contributed by atoms with Crippen LogP contribution < -0.4 is 30.7 Å². The number of hydrogen-bond acceptors (Lipinski definition) is 8. The normalized spacial score (nSPS) is 11.8. The summed E-state index contributed by atoms with van der Waals surface area (Å²) in [4.78, 5) is 24.8. The molecule has 0 saturated heterocycles. The van der Waals surface area contributed by atoms with Gasteiger partial charge in [-0.1, -0.05) is 57.1 Å². The molecule has 12 heteroatoms. The van der Waals surface area contributed by atoms with Crippen LogP contribution >= 0.6 is 0 Å². The maximum Gasteiger partial charge on any atom is 0.326 e. The highest BCUT2D eigenvalue weighted by Crippen LogP contribution is 2.29. The molecule has 0 atom stereocenters. The largest absolute Gasteiger partial charge is 0.491 e. The molecule has 4 amide bonds. The van der Waals surface area contributed by atoms with Crippen LogP contribution in [0.2, 0.25) is 0 Å². The van der Waals surface area contributed by atoms with Crippen molar-refractivity contribution < 1.29 is 28.1 Å². The fourth-order valence-electron chi connectivity index (χ4n) is 4.11. The van der Waals surface area contributed by atoms with Crippen LogP contribution in [0, 0.1) is 0 Å². The summed E-state index contributed by atoms with van der Waals surface area (Å²) in [6, 6.07) is 16.7. The van der Waals surface area contributed by atoms with Crippen LogP contribution in [0.5, 0.6) is 11.5 Å². The number of nitrogens with zero attached hydrogens (tertiary/aromatic N) is 2. The van der Waals surface area contributed by atoms with Crippen molar-refractivity contribution in [3.8, 4) is 11.5 Å². The van der Waals surface area contributed by atoms with E-state index in [0.717, 1.165) is 11.4 Å². The first-order chi connectivity index (χ1) is 21.8. The zero-order chi connectivity index (χ0) is 33.3. The van der Waals surface area contributed by atoms with Gasteiger partial charge in [-0.2, -0.15) is 0 Å². The fourth-order valence-corrected chi connectivity index (χ4v) is 4.11. The predicted molar refractivity (Wildman–Crippen MR) is 178 cm³/mol. The van der Waals surface area contributed by atoms with E-state index in [1.54, 1.807) is 60.7 Å². The monoisotopic (exact) mass is 630 g/mol. The van der Waals surface area contributed by atoms with Gasteiger partial charge in [0.05, 0.1) is 17.5 Å². The predicted octanol–water partition coefficient (Wildman–Crippen LogP) is 8.34. The molecule has 12 nitrogen and oxygen atoms in total. The van der Waals surface area contributed by atoms with Crippen molar-refractivity contribution >= 4 is 35.2 Å². The Bertz CT molecular complexity index is 1610. The van der Waals surface area contributed by atoms with Gasteiger partial charge in [0, 0.05) is 34.3 Å². The van der Waals surface area contributed by atoms with Gasteiger partial charge < -0.3 is 29.2 Å². The van der Waals surface area contributed by atoms with Crippen LogP contribution in [0.3, 0.4) is 0 Å². The molecule has 0 aliphatic carbocycles. The summed E-state index contributed by atoms with van der Waals surface area (Å²) < 4.78 is 22.0. The summed E-state index contributed by atoms with van der Waals surface area (Å²) in [6.07, 6.45) is 4.67.